The van der Waals surface area contributed by atoms with Gasteiger partial charge in [0.25, 0.3) is 5.91 Å². The van der Waals surface area contributed by atoms with E-state index in [4.69, 9.17) is 0 Å². The van der Waals surface area contributed by atoms with Crippen LogP contribution < -0.4 is 0 Å². The maximum absolute atomic E-state index is 13.6. The molecule has 1 aliphatic heterocycles. The molecule has 0 aliphatic carbocycles. The van der Waals surface area contributed by atoms with Gasteiger partial charge in [-0.2, -0.15) is 23.3 Å². The summed E-state index contributed by atoms with van der Waals surface area (Å²) in [5.41, 5.74) is 0.227. The number of carbonyl (C=O) groups is 1. The quantitative estimate of drug-likeness (QED) is 0.467. The lowest BCUT2D eigenvalue weighted by molar-refractivity contribution is -0.138. The molecule has 1 amide bonds. The largest absolute Gasteiger partial charge is 0.416 e. The van der Waals surface area contributed by atoms with Gasteiger partial charge >= 0.3 is 6.18 Å². The van der Waals surface area contributed by atoms with Gasteiger partial charge in [0.2, 0.25) is 0 Å². The molecule has 0 spiro atoms. The molecule has 0 fully saturated rings. The lowest BCUT2D eigenvalue weighted by Crippen LogP contribution is -2.14. The van der Waals surface area contributed by atoms with Crippen LogP contribution in [0.2, 0.25) is 0 Å². The highest BCUT2D eigenvalue weighted by Crippen LogP contribution is 2.35. The summed E-state index contributed by atoms with van der Waals surface area (Å²) in [4.78, 5) is 16.0. The maximum atomic E-state index is 13.6. The van der Waals surface area contributed by atoms with Crippen molar-refractivity contribution in [2.45, 2.75) is 17.6 Å². The fraction of sp³-hybridized carbons (Fsp3) is 0.190. The Kier molecular flexibility index (Phi) is 6.18. The first-order chi connectivity index (χ1) is 15.5. The second-order valence-corrected chi connectivity index (χ2v) is 11.3. The van der Waals surface area contributed by atoms with E-state index in [0.717, 1.165) is 24.0 Å². The molecule has 0 saturated heterocycles. The highest BCUT2D eigenvalue weighted by atomic mass is 32.2. The number of aromatic nitrogens is 2. The van der Waals surface area contributed by atoms with Crippen molar-refractivity contribution in [1.82, 2.24) is 9.78 Å². The van der Waals surface area contributed by atoms with Crippen LogP contribution in [0.4, 0.5) is 13.2 Å². The Morgan fingerprint density at radius 2 is 1.94 bits per heavy atom. The normalized spacial score (nSPS) is 16.1. The zero-order valence-electron chi connectivity index (χ0n) is 17.3. The monoisotopic (exact) mass is 511 g/mol. The number of benzene rings is 2. The molecule has 0 bridgehead atoms. The number of alkyl halides is 3. The Balaban J connectivity index is 1.67. The Morgan fingerprint density at radius 1 is 1.18 bits per heavy atom. The van der Waals surface area contributed by atoms with Gasteiger partial charge in [0.1, 0.15) is 4.38 Å². The summed E-state index contributed by atoms with van der Waals surface area (Å²) in [5.74, 6) is -0.308. The summed E-state index contributed by atoms with van der Waals surface area (Å²) >= 11 is 2.67. The summed E-state index contributed by atoms with van der Waals surface area (Å²) in [6.45, 7) is -0.192. The molecule has 6 nitrogen and oxygen atoms in total. The van der Waals surface area contributed by atoms with Gasteiger partial charge in [-0.15, -0.1) is 11.8 Å². The van der Waals surface area contributed by atoms with Gasteiger partial charge < -0.3 is 0 Å². The van der Waals surface area contributed by atoms with Crippen molar-refractivity contribution in [3.63, 3.8) is 0 Å². The minimum absolute atomic E-state index is 0.0965. The average Bonchev–Trinajstić information content (AvgIpc) is 3.29. The predicted molar refractivity (Wildman–Crippen MR) is 125 cm³/mol. The molecule has 2 heterocycles. The Bertz CT molecular complexity index is 1440. The molecule has 1 aliphatic rings. The number of hydrogen-bond donors (Lipinski definition) is 0. The number of fused-ring (bicyclic) bond motifs is 1. The van der Waals surface area contributed by atoms with Gasteiger partial charge in [0.15, 0.2) is 9.84 Å². The first-order valence-electron chi connectivity index (χ1n) is 9.38. The topological polar surface area (TPSA) is 81.4 Å². The summed E-state index contributed by atoms with van der Waals surface area (Å²) in [7, 11) is -3.79. The summed E-state index contributed by atoms with van der Waals surface area (Å²) < 4.78 is 66.4. The number of hydrogen-bond acceptors (Lipinski definition) is 6. The number of halogens is 3. The zero-order valence-corrected chi connectivity index (χ0v) is 19.7. The SMILES string of the molecule is CSC1=NC(=O)/C(=C/c2ccc3c(cnn3Cc3ccc(S(C)(=O)=O)cc3C(F)(F)F)c2)S1. The molecule has 1 aromatic heterocycles. The van der Waals surface area contributed by atoms with Gasteiger partial charge in [-0.1, -0.05) is 23.9 Å². The first kappa shape index (κ1) is 23.6. The average molecular weight is 512 g/mol. The molecule has 172 valence electrons. The van der Waals surface area contributed by atoms with Crippen LogP contribution in [0.3, 0.4) is 0 Å². The van der Waals surface area contributed by atoms with Crippen LogP contribution in [0.1, 0.15) is 16.7 Å². The van der Waals surface area contributed by atoms with E-state index in [1.807, 2.05) is 6.26 Å². The molecular formula is C21H16F3N3O3S3. The highest BCUT2D eigenvalue weighted by Gasteiger charge is 2.34. The minimum Gasteiger partial charge on any atom is -0.266 e. The van der Waals surface area contributed by atoms with Crippen LogP contribution in [0.25, 0.3) is 17.0 Å². The van der Waals surface area contributed by atoms with Crippen molar-refractivity contribution in [1.29, 1.82) is 0 Å². The Hall–Kier alpha value is -2.57. The number of amides is 1. The van der Waals surface area contributed by atoms with Crippen molar-refractivity contribution < 1.29 is 26.4 Å². The van der Waals surface area contributed by atoms with E-state index in [9.17, 15) is 26.4 Å². The van der Waals surface area contributed by atoms with Crippen molar-refractivity contribution in [2.24, 2.45) is 4.99 Å². The molecule has 2 aromatic carbocycles. The van der Waals surface area contributed by atoms with E-state index < -0.39 is 26.5 Å². The van der Waals surface area contributed by atoms with Crippen LogP contribution in [0, 0.1) is 0 Å². The number of aliphatic imine (C=N–C) groups is 1. The standard InChI is InChI=1S/C21H16F3N3O3S3/c1-31-20-26-19(28)18(32-20)8-12-3-6-17-14(7-12)10-25-27(17)11-13-4-5-15(33(2,29)30)9-16(13)21(22,23)24/h3-10H,11H2,1-2H3/b18-8-. The predicted octanol–water partition coefficient (Wildman–Crippen LogP) is 4.84. The van der Waals surface area contributed by atoms with E-state index in [2.05, 4.69) is 10.1 Å². The summed E-state index contributed by atoms with van der Waals surface area (Å²) in [6, 6.07) is 8.23. The van der Waals surface area contributed by atoms with Crippen LogP contribution >= 0.6 is 23.5 Å². The number of nitrogens with zero attached hydrogens (tertiary/aromatic N) is 3. The van der Waals surface area contributed by atoms with Gasteiger partial charge in [0, 0.05) is 11.6 Å². The molecule has 0 radical (unpaired) electrons. The molecule has 0 saturated carbocycles. The van der Waals surface area contributed by atoms with Crippen molar-refractivity contribution in [2.75, 3.05) is 12.5 Å². The molecule has 33 heavy (non-hydrogen) atoms. The molecule has 3 aromatic rings. The van der Waals surface area contributed by atoms with E-state index >= 15 is 0 Å². The van der Waals surface area contributed by atoms with Crippen molar-refractivity contribution in [3.05, 3.63) is 64.2 Å². The van der Waals surface area contributed by atoms with E-state index in [1.54, 1.807) is 24.3 Å². The first-order valence-corrected chi connectivity index (χ1v) is 13.3. The van der Waals surface area contributed by atoms with Gasteiger partial charge in [-0.25, -0.2) is 8.42 Å². The fourth-order valence-corrected chi connectivity index (χ4v) is 5.37. The number of sulfone groups is 1. The smallest absolute Gasteiger partial charge is 0.266 e. The zero-order chi connectivity index (χ0) is 24.0. The molecule has 0 unspecified atom stereocenters. The molecular weight excluding hydrogens is 495 g/mol. The lowest BCUT2D eigenvalue weighted by atomic mass is 10.1. The molecule has 4 rings (SSSR count). The van der Waals surface area contributed by atoms with E-state index in [0.29, 0.717) is 26.3 Å². The van der Waals surface area contributed by atoms with Crippen LogP contribution in [-0.2, 0) is 27.4 Å². The third-order valence-electron chi connectivity index (χ3n) is 4.87. The number of rotatable bonds is 4. The maximum Gasteiger partial charge on any atom is 0.416 e. The van der Waals surface area contributed by atoms with Gasteiger partial charge in [-0.05, 0) is 47.7 Å². The molecule has 0 atom stereocenters. The van der Waals surface area contributed by atoms with E-state index in [1.165, 1.54) is 34.4 Å². The fourth-order valence-electron chi connectivity index (χ4n) is 3.30. The van der Waals surface area contributed by atoms with Crippen molar-refractivity contribution >= 4 is 60.6 Å². The van der Waals surface area contributed by atoms with Crippen LogP contribution in [0.5, 0.6) is 0 Å². The van der Waals surface area contributed by atoms with Crippen molar-refractivity contribution in [3.8, 4) is 0 Å². The second-order valence-electron chi connectivity index (χ2n) is 7.21. The lowest BCUT2D eigenvalue weighted by Gasteiger charge is -2.15. The summed E-state index contributed by atoms with van der Waals surface area (Å²) in [6.07, 6.45) is 1.22. The third kappa shape index (κ3) is 5.02. The number of carbonyl (C=O) groups excluding carboxylic acids is 1. The van der Waals surface area contributed by atoms with Gasteiger partial charge in [-0.3, -0.25) is 9.48 Å². The summed E-state index contributed by atoms with van der Waals surface area (Å²) in [5, 5.41) is 4.90. The minimum atomic E-state index is -4.72. The van der Waals surface area contributed by atoms with E-state index in [-0.39, 0.29) is 18.0 Å². The van der Waals surface area contributed by atoms with Crippen LogP contribution in [-0.4, -0.2) is 41.0 Å². The highest BCUT2D eigenvalue weighted by molar-refractivity contribution is 8.40. The third-order valence-corrected chi connectivity index (χ3v) is 7.95. The number of thioether (sulfide) groups is 2. The second kappa shape index (κ2) is 8.65. The Morgan fingerprint density at radius 3 is 2.58 bits per heavy atom. The van der Waals surface area contributed by atoms with Gasteiger partial charge in [0.05, 0.1) is 33.6 Å². The Labute approximate surface area is 195 Å². The van der Waals surface area contributed by atoms with Crippen LogP contribution in [0.15, 0.2) is 57.4 Å². The molecule has 0 N–H and O–H groups in total. The molecule has 12 heteroatoms.